The first-order valence-electron chi connectivity index (χ1n) is 23.5. The van der Waals surface area contributed by atoms with Crippen molar-refractivity contribution in [3.8, 4) is 0 Å². The van der Waals surface area contributed by atoms with Crippen molar-refractivity contribution < 1.29 is 62.1 Å². The number of amides is 5. The van der Waals surface area contributed by atoms with Gasteiger partial charge in [-0.05, 0) is 17.8 Å². The Hall–Kier alpha value is -4.77. The van der Waals surface area contributed by atoms with E-state index in [2.05, 4.69) is 26.6 Å². The quantitative estimate of drug-likeness (QED) is 0.0544. The minimum atomic E-state index is -0.784. The Bertz CT molecular complexity index is 1400. The molecule has 0 aromatic rings. The zero-order valence-corrected chi connectivity index (χ0v) is 43.6. The van der Waals surface area contributed by atoms with E-state index >= 15 is 0 Å². The zero-order chi connectivity index (χ0) is 51.9. The third kappa shape index (κ3) is 37.5. The maximum Gasteiger partial charge on any atom is 0.308 e. The highest BCUT2D eigenvalue weighted by atomic mass is 16.6. The summed E-state index contributed by atoms with van der Waals surface area (Å²) < 4.78 is 20.5. The lowest BCUT2D eigenvalue weighted by Gasteiger charge is -2.21. The number of ether oxygens (including phenoxy) is 4. The molecule has 18 heteroatoms. The fourth-order valence-electron chi connectivity index (χ4n) is 4.47. The van der Waals surface area contributed by atoms with Crippen LogP contribution in [0.2, 0.25) is 0 Å². The first kappa shape index (κ1) is 65.5. The summed E-state index contributed by atoms with van der Waals surface area (Å²) in [4.78, 5) is 105. The van der Waals surface area contributed by atoms with Crippen molar-refractivity contribution in [2.24, 2.45) is 53.3 Å². The van der Waals surface area contributed by atoms with Gasteiger partial charge in [-0.2, -0.15) is 0 Å². The average molecular weight is 944 g/mol. The third-order valence-electron chi connectivity index (χ3n) is 8.61. The highest BCUT2D eigenvalue weighted by Gasteiger charge is 2.23. The van der Waals surface area contributed by atoms with Crippen molar-refractivity contribution in [2.45, 2.75) is 162 Å². The largest absolute Gasteiger partial charge is 0.463 e. The van der Waals surface area contributed by atoms with Crippen LogP contribution in [0.1, 0.15) is 144 Å². The van der Waals surface area contributed by atoms with Crippen LogP contribution in [0, 0.1) is 53.3 Å². The molecular weight excluding hydrogens is 855 g/mol. The monoisotopic (exact) mass is 944 g/mol. The number of esters is 4. The highest BCUT2D eigenvalue weighted by Crippen LogP contribution is 2.08. The fourth-order valence-corrected chi connectivity index (χ4v) is 4.47. The molecule has 0 aromatic heterocycles. The van der Waals surface area contributed by atoms with E-state index in [1.807, 2.05) is 41.5 Å². The topological polar surface area (TPSA) is 251 Å². The predicted molar refractivity (Wildman–Crippen MR) is 253 cm³/mol. The Morgan fingerprint density at radius 2 is 0.758 bits per heavy atom. The number of rotatable bonds is 27. The molecule has 5 amide bonds. The highest BCUT2D eigenvalue weighted by molar-refractivity contribution is 5.82. The van der Waals surface area contributed by atoms with Crippen molar-refractivity contribution in [1.82, 2.24) is 26.6 Å². The molecule has 0 radical (unpaired) electrons. The predicted octanol–water partition coefficient (Wildman–Crippen LogP) is 4.89. The van der Waals surface area contributed by atoms with E-state index < -0.39 is 24.2 Å². The van der Waals surface area contributed by atoms with Gasteiger partial charge in [-0.15, -0.1) is 0 Å². The lowest BCUT2D eigenvalue weighted by molar-refractivity contribution is -0.170. The molecule has 18 nitrogen and oxygen atoms in total. The van der Waals surface area contributed by atoms with Gasteiger partial charge < -0.3 is 45.5 Å². The van der Waals surface area contributed by atoms with Crippen LogP contribution in [0.3, 0.4) is 0 Å². The Morgan fingerprint density at radius 1 is 0.364 bits per heavy atom. The summed E-state index contributed by atoms with van der Waals surface area (Å²) in [7, 11) is 0. The first-order valence-corrected chi connectivity index (χ1v) is 23.5. The number of carbonyl (C=O) groups excluding carboxylic acids is 9. The summed E-state index contributed by atoms with van der Waals surface area (Å²) in [6, 6.07) is -0.821. The molecule has 0 saturated heterocycles. The van der Waals surface area contributed by atoms with Gasteiger partial charge in [0.05, 0.1) is 29.8 Å². The van der Waals surface area contributed by atoms with Gasteiger partial charge in [-0.3, -0.25) is 43.2 Å². The van der Waals surface area contributed by atoms with Gasteiger partial charge in [0.2, 0.25) is 29.5 Å². The van der Waals surface area contributed by atoms with Crippen molar-refractivity contribution in [3.63, 3.8) is 0 Å². The molecule has 0 aromatic carbocycles. The maximum absolute atomic E-state index is 11.9. The number of hydrogen-bond donors (Lipinski definition) is 5. The molecule has 0 heterocycles. The summed E-state index contributed by atoms with van der Waals surface area (Å²) in [5.74, 6) is -2.51. The Labute approximate surface area is 396 Å². The van der Waals surface area contributed by atoms with Crippen LogP contribution in [0.25, 0.3) is 0 Å². The third-order valence-corrected chi connectivity index (χ3v) is 8.61. The van der Waals surface area contributed by atoms with Gasteiger partial charge in [-0.1, -0.05) is 125 Å². The van der Waals surface area contributed by atoms with E-state index in [1.165, 1.54) is 0 Å². The number of carbonyl (C=O) groups is 9. The Kier molecular flexibility index (Phi) is 36.1. The van der Waals surface area contributed by atoms with E-state index in [-0.39, 0.29) is 141 Å². The van der Waals surface area contributed by atoms with E-state index in [1.54, 1.807) is 83.1 Å². The summed E-state index contributed by atoms with van der Waals surface area (Å²) in [5.41, 5.74) is 0. The van der Waals surface area contributed by atoms with Crippen LogP contribution >= 0.6 is 0 Å². The molecule has 0 aliphatic carbocycles. The SMILES string of the molecule is CC(C)CC(=O)NCC(COC(=O)C(C)C)NC(=O)C(C)C.CC(C)CC(=O)OCC(COC(=O)C(C)C)OC(=O)C(C)C.CC(C)CNC(=O)CC(CNC(=O)C(C)C)NC(=O)C(C)C. The second-order valence-electron chi connectivity index (χ2n) is 19.5. The summed E-state index contributed by atoms with van der Waals surface area (Å²) in [5, 5.41) is 14.0. The van der Waals surface area contributed by atoms with Gasteiger partial charge in [0.1, 0.15) is 19.8 Å². The van der Waals surface area contributed by atoms with Crippen molar-refractivity contribution >= 4 is 53.4 Å². The molecule has 3 unspecified atom stereocenters. The summed E-state index contributed by atoms with van der Waals surface area (Å²) in [6.45, 7) is 33.7. The second kappa shape index (κ2) is 36.4. The Morgan fingerprint density at radius 3 is 1.18 bits per heavy atom. The zero-order valence-electron chi connectivity index (χ0n) is 43.6. The standard InChI is InChI=1S/C16H31N3O3.C16H30N2O4.C16H28O6/c1-10(2)8-17-14(20)7-13(19-16(22)12(5)6)9-18-15(21)11(3)4;1-10(2)7-14(19)17-8-13(18-15(20)11(3)4)9-22-16(21)12(5)6;1-10(2)7-14(17)20-8-13(22-16(19)12(5)6)9-21-15(18)11(3)4/h10-13H,7-9H2,1-6H3,(H,17,20)(H,18,21)(H,19,22);10-13H,7-9H2,1-6H3,(H,17,19)(H,18,20);10-13H,7-9H2,1-6H3. The van der Waals surface area contributed by atoms with Gasteiger partial charge in [0.25, 0.3) is 0 Å². The number of hydrogen-bond acceptors (Lipinski definition) is 13. The van der Waals surface area contributed by atoms with Crippen LogP contribution < -0.4 is 26.6 Å². The Balaban J connectivity index is -0.000000902. The van der Waals surface area contributed by atoms with Crippen molar-refractivity contribution in [1.29, 1.82) is 0 Å². The van der Waals surface area contributed by atoms with Crippen LogP contribution in [0.5, 0.6) is 0 Å². The molecular formula is C48H89N5O13. The average Bonchev–Trinajstić information content (AvgIpc) is 3.20. The lowest BCUT2D eigenvalue weighted by Crippen LogP contribution is -2.48. The molecule has 3 atom stereocenters. The van der Waals surface area contributed by atoms with Crippen molar-refractivity contribution in [2.75, 3.05) is 39.5 Å². The van der Waals surface area contributed by atoms with Gasteiger partial charge in [0, 0.05) is 56.7 Å². The van der Waals surface area contributed by atoms with Gasteiger partial charge in [0.15, 0.2) is 6.10 Å². The molecule has 0 aliphatic rings. The lowest BCUT2D eigenvalue weighted by atomic mass is 10.1. The van der Waals surface area contributed by atoms with Crippen molar-refractivity contribution in [3.05, 3.63) is 0 Å². The fraction of sp³-hybridized carbons (Fsp3) is 0.812. The molecule has 0 fully saturated rings. The molecule has 66 heavy (non-hydrogen) atoms. The molecule has 0 saturated carbocycles. The summed E-state index contributed by atoms with van der Waals surface area (Å²) in [6.07, 6.45) is 0.0882. The minimum Gasteiger partial charge on any atom is -0.463 e. The van der Waals surface area contributed by atoms with Gasteiger partial charge >= 0.3 is 23.9 Å². The normalized spacial score (nSPS) is 12.4. The van der Waals surface area contributed by atoms with E-state index in [9.17, 15) is 43.2 Å². The van der Waals surface area contributed by atoms with E-state index in [0.717, 1.165) is 0 Å². The molecule has 0 aliphatic heterocycles. The smallest absolute Gasteiger partial charge is 0.308 e. The molecule has 0 bridgehead atoms. The molecule has 0 rings (SSSR count). The second-order valence-corrected chi connectivity index (χ2v) is 19.5. The van der Waals surface area contributed by atoms with Crippen LogP contribution in [-0.4, -0.2) is 111 Å². The maximum atomic E-state index is 11.9. The summed E-state index contributed by atoms with van der Waals surface area (Å²) >= 11 is 0. The molecule has 384 valence electrons. The molecule has 0 spiro atoms. The van der Waals surface area contributed by atoms with E-state index in [4.69, 9.17) is 18.9 Å². The van der Waals surface area contributed by atoms with Gasteiger partial charge in [-0.25, -0.2) is 0 Å². The van der Waals surface area contributed by atoms with Crippen LogP contribution in [0.4, 0.5) is 0 Å². The first-order chi connectivity index (χ1) is 30.4. The minimum absolute atomic E-state index is 0.0530. The van der Waals surface area contributed by atoms with Crippen LogP contribution in [0.15, 0.2) is 0 Å². The number of nitrogens with one attached hydrogen (secondary N) is 5. The van der Waals surface area contributed by atoms with Crippen LogP contribution in [-0.2, 0) is 62.1 Å². The molecule has 5 N–H and O–H groups in total. The van der Waals surface area contributed by atoms with E-state index in [0.29, 0.717) is 18.9 Å².